The molecule has 8 heteroatoms. The molecule has 27 heavy (non-hydrogen) atoms. The summed E-state index contributed by atoms with van der Waals surface area (Å²) >= 11 is 0. The molecule has 140 valence electrons. The first-order chi connectivity index (χ1) is 12.9. The SMILES string of the molecule is Cc1cc(C(=O)COC(=O)c2ccc(-n3cnnn3)cc2)c(C)n1C(C)C. The molecule has 0 saturated carbocycles. The summed E-state index contributed by atoms with van der Waals surface area (Å²) in [7, 11) is 0. The van der Waals surface area contributed by atoms with Crippen LogP contribution in [0.1, 0.15) is 52.0 Å². The Labute approximate surface area is 156 Å². The number of benzene rings is 1. The molecule has 3 aromatic rings. The summed E-state index contributed by atoms with van der Waals surface area (Å²) in [4.78, 5) is 24.7. The van der Waals surface area contributed by atoms with Crippen molar-refractivity contribution >= 4 is 11.8 Å². The minimum atomic E-state index is -0.552. The lowest BCUT2D eigenvalue weighted by Gasteiger charge is -2.13. The quantitative estimate of drug-likeness (QED) is 0.491. The summed E-state index contributed by atoms with van der Waals surface area (Å²) in [6.07, 6.45) is 1.46. The van der Waals surface area contributed by atoms with Crippen molar-refractivity contribution in [1.82, 2.24) is 24.8 Å². The standard InChI is InChI=1S/C19H21N5O3/c1-12(2)24-13(3)9-17(14(24)4)18(25)10-27-19(26)15-5-7-16(8-6-15)23-11-20-21-22-23/h5-9,11-12H,10H2,1-4H3. The highest BCUT2D eigenvalue weighted by atomic mass is 16.5. The average molecular weight is 367 g/mol. The van der Waals surface area contributed by atoms with E-state index in [2.05, 4.69) is 33.9 Å². The van der Waals surface area contributed by atoms with Crippen molar-refractivity contribution < 1.29 is 14.3 Å². The third-order valence-electron chi connectivity index (χ3n) is 4.35. The first kappa shape index (κ1) is 18.5. The van der Waals surface area contributed by atoms with E-state index >= 15 is 0 Å². The lowest BCUT2D eigenvalue weighted by atomic mass is 10.1. The molecule has 0 spiro atoms. The fourth-order valence-corrected chi connectivity index (χ4v) is 3.18. The Balaban J connectivity index is 1.65. The van der Waals surface area contributed by atoms with E-state index < -0.39 is 5.97 Å². The zero-order valence-corrected chi connectivity index (χ0v) is 15.7. The molecular weight excluding hydrogens is 346 g/mol. The number of hydrogen-bond acceptors (Lipinski definition) is 6. The van der Waals surface area contributed by atoms with Crippen LogP contribution in [0.5, 0.6) is 0 Å². The lowest BCUT2D eigenvalue weighted by molar-refractivity contribution is 0.0474. The molecule has 0 amide bonds. The normalized spacial score (nSPS) is 11.0. The number of ketones is 1. The molecule has 0 aliphatic carbocycles. The highest BCUT2D eigenvalue weighted by molar-refractivity contribution is 6.00. The van der Waals surface area contributed by atoms with Crippen LogP contribution in [0, 0.1) is 13.8 Å². The second kappa shape index (κ2) is 7.53. The number of tetrazole rings is 1. The van der Waals surface area contributed by atoms with Gasteiger partial charge in [0, 0.05) is 23.0 Å². The molecule has 0 saturated heterocycles. The number of Topliss-reactive ketones (excluding diaryl/α,β-unsaturated/α-hetero) is 1. The van der Waals surface area contributed by atoms with Gasteiger partial charge in [-0.05, 0) is 68.5 Å². The second-order valence-electron chi connectivity index (χ2n) is 6.55. The third kappa shape index (κ3) is 3.79. The Morgan fingerprint density at radius 2 is 1.85 bits per heavy atom. The van der Waals surface area contributed by atoms with Crippen molar-refractivity contribution in [3.05, 3.63) is 59.2 Å². The van der Waals surface area contributed by atoms with Gasteiger partial charge in [-0.25, -0.2) is 9.48 Å². The van der Waals surface area contributed by atoms with Crippen LogP contribution in [-0.2, 0) is 4.74 Å². The molecule has 2 aromatic heterocycles. The number of esters is 1. The fourth-order valence-electron chi connectivity index (χ4n) is 3.18. The van der Waals surface area contributed by atoms with E-state index in [0.717, 1.165) is 11.4 Å². The molecule has 0 unspecified atom stereocenters. The summed E-state index contributed by atoms with van der Waals surface area (Å²) in [6.45, 7) is 7.69. The van der Waals surface area contributed by atoms with E-state index in [9.17, 15) is 9.59 Å². The maximum atomic E-state index is 12.5. The highest BCUT2D eigenvalue weighted by Gasteiger charge is 2.19. The van der Waals surface area contributed by atoms with E-state index in [1.807, 2.05) is 19.9 Å². The molecule has 2 heterocycles. The first-order valence-corrected chi connectivity index (χ1v) is 8.60. The maximum absolute atomic E-state index is 12.5. The van der Waals surface area contributed by atoms with Gasteiger partial charge >= 0.3 is 5.97 Å². The number of nitrogens with zero attached hydrogens (tertiary/aromatic N) is 5. The number of aryl methyl sites for hydroxylation is 1. The smallest absolute Gasteiger partial charge is 0.338 e. The van der Waals surface area contributed by atoms with Gasteiger partial charge in [0.25, 0.3) is 0 Å². The van der Waals surface area contributed by atoms with Gasteiger partial charge in [-0.3, -0.25) is 4.79 Å². The van der Waals surface area contributed by atoms with Crippen LogP contribution in [0.2, 0.25) is 0 Å². The van der Waals surface area contributed by atoms with E-state index in [0.29, 0.717) is 16.8 Å². The van der Waals surface area contributed by atoms with Gasteiger partial charge in [0.2, 0.25) is 5.78 Å². The topological polar surface area (TPSA) is 91.9 Å². The van der Waals surface area contributed by atoms with Crippen LogP contribution >= 0.6 is 0 Å². The number of aromatic nitrogens is 5. The van der Waals surface area contributed by atoms with Gasteiger partial charge < -0.3 is 9.30 Å². The minimum Gasteiger partial charge on any atom is -0.454 e. The Morgan fingerprint density at radius 3 is 2.41 bits per heavy atom. The molecule has 8 nitrogen and oxygen atoms in total. The van der Waals surface area contributed by atoms with Gasteiger partial charge in [0.05, 0.1) is 11.3 Å². The van der Waals surface area contributed by atoms with Crippen LogP contribution < -0.4 is 0 Å². The zero-order chi connectivity index (χ0) is 19.6. The second-order valence-corrected chi connectivity index (χ2v) is 6.55. The van der Waals surface area contributed by atoms with Crippen molar-refractivity contribution in [3.8, 4) is 5.69 Å². The van der Waals surface area contributed by atoms with Crippen LogP contribution in [-0.4, -0.2) is 43.1 Å². The van der Waals surface area contributed by atoms with Gasteiger partial charge in [-0.1, -0.05) is 0 Å². The van der Waals surface area contributed by atoms with E-state index in [1.54, 1.807) is 24.3 Å². The predicted octanol–water partition coefficient (Wildman–Crippen LogP) is 2.70. The van der Waals surface area contributed by atoms with Gasteiger partial charge in [-0.2, -0.15) is 0 Å². The predicted molar refractivity (Wildman–Crippen MR) is 98.1 cm³/mol. The van der Waals surface area contributed by atoms with Crippen molar-refractivity contribution in [2.24, 2.45) is 0 Å². The molecule has 0 aliphatic heterocycles. The third-order valence-corrected chi connectivity index (χ3v) is 4.35. The molecule has 0 fully saturated rings. The molecule has 0 bridgehead atoms. The van der Waals surface area contributed by atoms with Crippen LogP contribution in [0.3, 0.4) is 0 Å². The molecule has 3 rings (SSSR count). The fraction of sp³-hybridized carbons (Fsp3) is 0.316. The van der Waals surface area contributed by atoms with Crippen LogP contribution in [0.4, 0.5) is 0 Å². The van der Waals surface area contributed by atoms with Crippen LogP contribution in [0.25, 0.3) is 5.69 Å². The molecule has 1 aromatic carbocycles. The summed E-state index contributed by atoms with van der Waals surface area (Å²) in [5.41, 5.74) is 3.55. The Bertz CT molecular complexity index is 956. The van der Waals surface area contributed by atoms with E-state index in [4.69, 9.17) is 4.74 Å². The molecule has 0 radical (unpaired) electrons. The Morgan fingerprint density at radius 1 is 1.15 bits per heavy atom. The molecular formula is C19H21N5O3. The summed E-state index contributed by atoms with van der Waals surface area (Å²) in [5.74, 6) is -0.766. The number of carbonyl (C=O) groups is 2. The highest BCUT2D eigenvalue weighted by Crippen LogP contribution is 2.20. The molecule has 0 atom stereocenters. The van der Waals surface area contributed by atoms with Crippen molar-refractivity contribution in [2.45, 2.75) is 33.7 Å². The number of carbonyl (C=O) groups excluding carboxylic acids is 2. The maximum Gasteiger partial charge on any atom is 0.338 e. The van der Waals surface area contributed by atoms with Crippen molar-refractivity contribution in [1.29, 1.82) is 0 Å². The van der Waals surface area contributed by atoms with E-state index in [1.165, 1.54) is 11.0 Å². The monoisotopic (exact) mass is 367 g/mol. The first-order valence-electron chi connectivity index (χ1n) is 8.60. The number of rotatable bonds is 6. The summed E-state index contributed by atoms with van der Waals surface area (Å²) in [6, 6.07) is 8.71. The van der Waals surface area contributed by atoms with Gasteiger partial charge in [0.15, 0.2) is 6.61 Å². The lowest BCUT2D eigenvalue weighted by Crippen LogP contribution is -2.15. The van der Waals surface area contributed by atoms with E-state index in [-0.39, 0.29) is 18.4 Å². The minimum absolute atomic E-state index is 0.214. The number of hydrogen-bond donors (Lipinski definition) is 0. The Hall–Kier alpha value is -3.29. The average Bonchev–Trinajstić information content (AvgIpc) is 3.27. The summed E-state index contributed by atoms with van der Waals surface area (Å²) in [5, 5.41) is 10.9. The van der Waals surface area contributed by atoms with Crippen LogP contribution in [0.15, 0.2) is 36.7 Å². The largest absolute Gasteiger partial charge is 0.454 e. The Kier molecular flexibility index (Phi) is 5.16. The number of ether oxygens (including phenoxy) is 1. The van der Waals surface area contributed by atoms with Gasteiger partial charge in [-0.15, -0.1) is 5.10 Å². The molecule has 0 aliphatic rings. The molecule has 0 N–H and O–H groups in total. The van der Waals surface area contributed by atoms with Crippen molar-refractivity contribution in [3.63, 3.8) is 0 Å². The zero-order valence-electron chi connectivity index (χ0n) is 15.7. The summed E-state index contributed by atoms with van der Waals surface area (Å²) < 4.78 is 8.76. The van der Waals surface area contributed by atoms with Crippen molar-refractivity contribution in [2.75, 3.05) is 6.61 Å². The van der Waals surface area contributed by atoms with Gasteiger partial charge in [0.1, 0.15) is 6.33 Å².